The molecule has 0 aromatic carbocycles. The third-order valence-corrected chi connectivity index (χ3v) is 0. The average Bonchev–Trinajstić information content (AvgIpc) is 2.23. The molecule has 0 amide bonds. The molecule has 0 aliphatic rings. The Kier molecular flexibility index (Phi) is 325. The van der Waals surface area contributed by atoms with Gasteiger partial charge in [-0.3, -0.25) is 9.13 Å². The Morgan fingerprint density at radius 2 is 0.524 bits per heavy atom. The van der Waals surface area contributed by atoms with Gasteiger partial charge in [-0.1, -0.05) is 0 Å². The Bertz CT molecular complexity index is 121. The Hall–Kier alpha value is 4.66. The van der Waals surface area contributed by atoms with Crippen LogP contribution >= 0.6 is 52.1 Å². The maximum Gasteiger partial charge on any atom is 2.00 e. The van der Waals surface area contributed by atoms with E-state index in [1.165, 1.54) is 0 Å². The topological polar surface area (TPSA) is 241 Å². The smallest absolute Gasteiger partial charge is 0.804 e. The zero-order valence-corrected chi connectivity index (χ0v) is 23.3. The first-order valence-electron chi connectivity index (χ1n) is 2.62. The van der Waals surface area contributed by atoms with Crippen LogP contribution < -0.4 is 29.4 Å². The fourth-order valence-corrected chi connectivity index (χ4v) is 0. The standard InChI is InChI=1S/3Ca.4H3O2P.2HO2P/c;;;6*1-3-2/h;;;4*3H2,(H,1,2);2*(H,1,2)/q3*+2;;;;;;/p-6. The molecule has 12 nitrogen and oxygen atoms in total. The summed E-state index contributed by atoms with van der Waals surface area (Å²) in [7, 11) is -9.17. The van der Waals surface area contributed by atoms with Crippen molar-refractivity contribution in [2.75, 3.05) is 0 Å². The van der Waals surface area contributed by atoms with Crippen molar-refractivity contribution in [1.82, 2.24) is 0 Å². The minimum atomic E-state index is -1.75. The molecule has 0 saturated carbocycles. The van der Waals surface area contributed by atoms with Gasteiger partial charge in [0.15, 0.2) is 0 Å². The zero-order valence-electron chi connectivity index (χ0n) is 10.2. The van der Waals surface area contributed by atoms with Crippen LogP contribution in [-0.4, -0.2) is 113 Å². The predicted octanol–water partition coefficient (Wildman–Crippen LogP) is -5.96. The minimum absolute atomic E-state index is 0. The van der Waals surface area contributed by atoms with Crippen molar-refractivity contribution in [2.45, 2.75) is 0 Å². The summed E-state index contributed by atoms with van der Waals surface area (Å²) in [5, 5.41) is 0. The van der Waals surface area contributed by atoms with Gasteiger partial charge in [0.05, 0.1) is 17.4 Å². The van der Waals surface area contributed by atoms with Crippen molar-refractivity contribution in [3.8, 4) is 0 Å². The molecule has 4 atom stereocenters. The first-order chi connectivity index (χ1) is 8.49. The molecule has 0 aromatic heterocycles. The number of rotatable bonds is 0. The third-order valence-electron chi connectivity index (χ3n) is 0. The van der Waals surface area contributed by atoms with Crippen LogP contribution in [0.25, 0.3) is 0 Å². The summed E-state index contributed by atoms with van der Waals surface area (Å²) in [5.74, 6) is 0. The second-order valence-electron chi connectivity index (χ2n) is 0.534. The minimum Gasteiger partial charge on any atom is -0.804 e. The maximum atomic E-state index is 8.46. The van der Waals surface area contributed by atoms with Gasteiger partial charge in [0, 0.05) is 0 Å². The van der Waals surface area contributed by atoms with E-state index >= 15 is 0 Å². The van der Waals surface area contributed by atoms with Crippen LogP contribution in [0.15, 0.2) is 0 Å². The maximum absolute atomic E-state index is 8.46. The van der Waals surface area contributed by atoms with E-state index in [0.29, 0.717) is 0 Å². The number of hydrogen-bond donors (Lipinski definition) is 0. The van der Waals surface area contributed by atoms with Gasteiger partial charge < -0.3 is 47.6 Å². The van der Waals surface area contributed by atoms with Crippen LogP contribution in [0.4, 0.5) is 0 Å². The van der Waals surface area contributed by atoms with Crippen LogP contribution in [0.5, 0.6) is 0 Å². The van der Waals surface area contributed by atoms with E-state index in [0.717, 1.165) is 0 Å². The Balaban J connectivity index is -0.0000000114. The molecule has 0 aromatic rings. The molecule has 0 aliphatic carbocycles. The molecule has 0 fully saturated rings. The van der Waals surface area contributed by atoms with Gasteiger partial charge in [-0.25, -0.2) is 0 Å². The summed E-state index contributed by atoms with van der Waals surface area (Å²) < 4.78 is 50.5. The third kappa shape index (κ3) is 583. The molecule has 0 N–H and O–H groups in total. The van der Waals surface area contributed by atoms with Gasteiger partial charge in [0.1, 0.15) is 0 Å². The summed E-state index contributed by atoms with van der Waals surface area (Å²) >= 11 is 0. The molecular weight excluding hydrogens is 498 g/mol. The Labute approximate surface area is 218 Å². The molecule has 4 unspecified atom stereocenters. The SMILES string of the molecule is O=P[O-].O=P[O-].O=[PH2][O-].O=[PH2][O-].O=[PH2][O-].O=[PH2][O-].[Ca+2].[Ca+2].[Ca+2]. The molecule has 21 heteroatoms. The van der Waals surface area contributed by atoms with Crippen LogP contribution in [-0.2, 0) is 27.4 Å². The van der Waals surface area contributed by atoms with Crippen molar-refractivity contribution in [1.29, 1.82) is 0 Å². The molecule has 0 saturated heterocycles. The zero-order chi connectivity index (χ0) is 16.2. The van der Waals surface area contributed by atoms with E-state index in [2.05, 4.69) is 0 Å². The van der Waals surface area contributed by atoms with Crippen molar-refractivity contribution in [3.05, 3.63) is 0 Å². The van der Waals surface area contributed by atoms with Crippen LogP contribution in [0, 0.1) is 0 Å². The molecular formula is H8Ca3O12P6. The van der Waals surface area contributed by atoms with E-state index in [4.69, 9.17) is 56.8 Å². The van der Waals surface area contributed by atoms with Gasteiger partial charge in [0.2, 0.25) is 0 Å². The monoisotopic (exact) mass is 506 g/mol. The molecule has 0 radical (unpaired) electrons. The van der Waals surface area contributed by atoms with Gasteiger partial charge >= 0.3 is 113 Å². The van der Waals surface area contributed by atoms with E-state index in [9.17, 15) is 0 Å². The Morgan fingerprint density at radius 3 is 0.524 bits per heavy atom. The second-order valence-corrected chi connectivity index (χ2v) is 1.60. The fraction of sp³-hybridized carbons (Fsp3) is 0. The molecule has 0 spiro atoms. The fourth-order valence-electron chi connectivity index (χ4n) is 0. The van der Waals surface area contributed by atoms with Gasteiger partial charge in [0.25, 0.3) is 0 Å². The van der Waals surface area contributed by atoms with E-state index < -0.39 is 52.1 Å². The summed E-state index contributed by atoms with van der Waals surface area (Å²) in [4.78, 5) is 50.5. The van der Waals surface area contributed by atoms with E-state index in [1.807, 2.05) is 0 Å². The molecule has 0 bridgehead atoms. The Morgan fingerprint density at radius 1 is 0.524 bits per heavy atom. The number of hydrogen-bond acceptors (Lipinski definition) is 12. The average molecular weight is 506 g/mol. The summed E-state index contributed by atoms with van der Waals surface area (Å²) in [6.07, 6.45) is 0. The van der Waals surface area contributed by atoms with Crippen LogP contribution in [0.1, 0.15) is 0 Å². The first-order valence-corrected chi connectivity index (χ1v) is 7.85. The van der Waals surface area contributed by atoms with Gasteiger partial charge in [-0.15, -0.1) is 0 Å². The molecule has 0 rings (SSSR count). The quantitative estimate of drug-likeness (QED) is 0.220. The van der Waals surface area contributed by atoms with Crippen molar-refractivity contribution in [2.24, 2.45) is 0 Å². The van der Waals surface area contributed by atoms with Crippen LogP contribution in [0.3, 0.4) is 0 Å². The summed E-state index contributed by atoms with van der Waals surface area (Å²) in [6.45, 7) is 0. The predicted molar refractivity (Wildman–Crippen MR) is 74.1 cm³/mol. The van der Waals surface area contributed by atoms with E-state index in [-0.39, 0.29) is 113 Å². The first kappa shape index (κ1) is 56.2. The van der Waals surface area contributed by atoms with Crippen molar-refractivity contribution >= 4 is 165 Å². The summed E-state index contributed by atoms with van der Waals surface area (Å²) in [5.41, 5.74) is 0. The molecule has 21 heavy (non-hydrogen) atoms. The van der Waals surface area contributed by atoms with Crippen molar-refractivity contribution < 1.29 is 56.8 Å². The van der Waals surface area contributed by atoms with Crippen LogP contribution in [0.2, 0.25) is 0 Å². The van der Waals surface area contributed by atoms with Gasteiger partial charge in [-0.05, 0) is 34.7 Å². The molecule has 0 aliphatic heterocycles. The van der Waals surface area contributed by atoms with E-state index in [1.54, 1.807) is 0 Å². The summed E-state index contributed by atoms with van der Waals surface area (Å²) in [6, 6.07) is 0. The van der Waals surface area contributed by atoms with Crippen molar-refractivity contribution in [3.63, 3.8) is 0 Å². The second kappa shape index (κ2) is 121. The van der Waals surface area contributed by atoms with Gasteiger partial charge in [-0.2, -0.15) is 0 Å². The molecule has 0 heterocycles. The molecule has 116 valence electrons. The largest absolute Gasteiger partial charge is 2.00 e. The normalized spacial score (nSPS) is 7.52.